The highest BCUT2D eigenvalue weighted by atomic mass is 32.2. The number of nitrogens with one attached hydrogen (secondary N) is 1. The Morgan fingerprint density at radius 2 is 2.12 bits per heavy atom. The third-order valence-electron chi connectivity index (χ3n) is 2.82. The Hall–Kier alpha value is -1.16. The van der Waals surface area contributed by atoms with Crippen molar-refractivity contribution >= 4 is 23.4 Å². The summed E-state index contributed by atoms with van der Waals surface area (Å²) in [6.45, 7) is 2.07. The molecule has 0 saturated heterocycles. The lowest BCUT2D eigenvalue weighted by atomic mass is 10.1. The van der Waals surface area contributed by atoms with Crippen molar-refractivity contribution in [2.24, 2.45) is 0 Å². The number of hydrogen-bond acceptors (Lipinski definition) is 3. The maximum absolute atomic E-state index is 12.3. The summed E-state index contributed by atoms with van der Waals surface area (Å²) in [5.74, 6) is 1.01. The number of thioether (sulfide) groups is 1. The van der Waals surface area contributed by atoms with Gasteiger partial charge in [-0.1, -0.05) is 12.1 Å². The first kappa shape index (κ1) is 13.9. The summed E-state index contributed by atoms with van der Waals surface area (Å²) in [4.78, 5) is 14.1. The molecule has 1 N–H and O–H groups in total. The lowest BCUT2D eigenvalue weighted by molar-refractivity contribution is 0.0758. The van der Waals surface area contributed by atoms with Gasteiger partial charge in [0.15, 0.2) is 0 Å². The first-order valence-electron chi connectivity index (χ1n) is 5.64. The summed E-state index contributed by atoms with van der Waals surface area (Å²) in [7, 11) is 3.69. The number of carbonyl (C=O) groups is 1. The van der Waals surface area contributed by atoms with E-state index in [2.05, 4.69) is 18.5 Å². The average Bonchev–Trinajstić information content (AvgIpc) is 2.37. The maximum atomic E-state index is 12.3. The highest BCUT2D eigenvalue weighted by Gasteiger charge is 2.18. The molecule has 0 heterocycles. The molecule has 1 unspecified atom stereocenters. The molecule has 17 heavy (non-hydrogen) atoms. The molecule has 1 aromatic rings. The Labute approximate surface area is 108 Å². The Bertz CT molecular complexity index is 381. The van der Waals surface area contributed by atoms with Gasteiger partial charge in [-0.15, -0.1) is 0 Å². The zero-order valence-electron chi connectivity index (χ0n) is 10.9. The van der Waals surface area contributed by atoms with Crippen LogP contribution in [-0.4, -0.2) is 43.0 Å². The third-order valence-corrected chi connectivity index (χ3v) is 3.63. The van der Waals surface area contributed by atoms with E-state index < -0.39 is 0 Å². The summed E-state index contributed by atoms with van der Waals surface area (Å²) in [6.07, 6.45) is 2.05. The van der Waals surface area contributed by atoms with Crippen LogP contribution in [0, 0.1) is 0 Å². The second-order valence-corrected chi connectivity index (χ2v) is 4.93. The molecule has 0 bridgehead atoms. The van der Waals surface area contributed by atoms with Crippen molar-refractivity contribution in [2.45, 2.75) is 13.0 Å². The van der Waals surface area contributed by atoms with Crippen molar-refractivity contribution in [1.82, 2.24) is 4.90 Å². The van der Waals surface area contributed by atoms with E-state index >= 15 is 0 Å². The van der Waals surface area contributed by atoms with Crippen molar-refractivity contribution < 1.29 is 4.79 Å². The van der Waals surface area contributed by atoms with E-state index in [4.69, 9.17) is 0 Å². The van der Waals surface area contributed by atoms with Gasteiger partial charge in [-0.25, -0.2) is 0 Å². The van der Waals surface area contributed by atoms with Crippen molar-refractivity contribution in [3.05, 3.63) is 29.8 Å². The largest absolute Gasteiger partial charge is 0.387 e. The molecular weight excluding hydrogens is 232 g/mol. The molecule has 1 rings (SSSR count). The van der Waals surface area contributed by atoms with E-state index in [-0.39, 0.29) is 11.9 Å². The highest BCUT2D eigenvalue weighted by Crippen LogP contribution is 2.17. The molecule has 0 spiro atoms. The van der Waals surface area contributed by atoms with Gasteiger partial charge in [0.05, 0.1) is 5.56 Å². The van der Waals surface area contributed by atoms with E-state index in [1.165, 1.54) is 0 Å². The second kappa shape index (κ2) is 6.55. The van der Waals surface area contributed by atoms with Crippen LogP contribution in [-0.2, 0) is 0 Å². The van der Waals surface area contributed by atoms with E-state index in [9.17, 15) is 4.79 Å². The first-order valence-corrected chi connectivity index (χ1v) is 7.04. The van der Waals surface area contributed by atoms with Crippen LogP contribution in [0.5, 0.6) is 0 Å². The van der Waals surface area contributed by atoms with Gasteiger partial charge in [0.2, 0.25) is 0 Å². The van der Waals surface area contributed by atoms with Gasteiger partial charge >= 0.3 is 0 Å². The number of rotatable bonds is 5. The van der Waals surface area contributed by atoms with Crippen LogP contribution in [0.25, 0.3) is 0 Å². The quantitative estimate of drug-likeness (QED) is 0.874. The molecule has 3 nitrogen and oxygen atoms in total. The van der Waals surface area contributed by atoms with Crippen LogP contribution in [0.15, 0.2) is 24.3 Å². The molecule has 0 saturated carbocycles. The van der Waals surface area contributed by atoms with Gasteiger partial charge in [-0.05, 0) is 25.3 Å². The summed E-state index contributed by atoms with van der Waals surface area (Å²) >= 11 is 1.75. The van der Waals surface area contributed by atoms with Crippen LogP contribution in [0.3, 0.4) is 0 Å². The minimum Gasteiger partial charge on any atom is -0.387 e. The fraction of sp³-hybridized carbons (Fsp3) is 0.462. The normalized spacial score (nSPS) is 12.0. The Balaban J connectivity index is 2.88. The monoisotopic (exact) mass is 252 g/mol. The highest BCUT2D eigenvalue weighted by molar-refractivity contribution is 7.98. The Morgan fingerprint density at radius 3 is 2.71 bits per heavy atom. The Morgan fingerprint density at radius 1 is 1.47 bits per heavy atom. The smallest absolute Gasteiger partial charge is 0.255 e. The number of anilines is 1. The molecule has 0 fully saturated rings. The van der Waals surface area contributed by atoms with E-state index in [0.717, 1.165) is 17.0 Å². The Kier molecular flexibility index (Phi) is 5.35. The standard InChI is InChI=1S/C13H20N2OS/c1-10(9-17-4)15(3)13(16)11-7-5-6-8-12(11)14-2/h5-8,10,14H,9H2,1-4H3. The van der Waals surface area contributed by atoms with Gasteiger partial charge in [-0.2, -0.15) is 11.8 Å². The number of para-hydroxylation sites is 1. The molecule has 1 atom stereocenters. The van der Waals surface area contributed by atoms with Crippen molar-refractivity contribution in [3.63, 3.8) is 0 Å². The van der Waals surface area contributed by atoms with Crippen molar-refractivity contribution in [2.75, 3.05) is 31.4 Å². The molecule has 4 heteroatoms. The van der Waals surface area contributed by atoms with E-state index in [0.29, 0.717) is 0 Å². The molecule has 0 aliphatic rings. The predicted molar refractivity (Wildman–Crippen MR) is 75.9 cm³/mol. The predicted octanol–water partition coefficient (Wildman–Crippen LogP) is 2.55. The van der Waals surface area contributed by atoms with Gasteiger partial charge in [0, 0.05) is 31.6 Å². The fourth-order valence-electron chi connectivity index (χ4n) is 1.63. The van der Waals surface area contributed by atoms with E-state index in [1.807, 2.05) is 38.4 Å². The molecule has 1 amide bonds. The van der Waals surface area contributed by atoms with Gasteiger partial charge in [-0.3, -0.25) is 4.79 Å². The van der Waals surface area contributed by atoms with Crippen LogP contribution in [0.1, 0.15) is 17.3 Å². The minimum absolute atomic E-state index is 0.0662. The number of benzene rings is 1. The topological polar surface area (TPSA) is 32.3 Å². The zero-order chi connectivity index (χ0) is 12.8. The second-order valence-electron chi connectivity index (χ2n) is 4.02. The average molecular weight is 252 g/mol. The third kappa shape index (κ3) is 3.40. The lowest BCUT2D eigenvalue weighted by Gasteiger charge is -2.25. The maximum Gasteiger partial charge on any atom is 0.255 e. The molecule has 1 aromatic carbocycles. The summed E-state index contributed by atoms with van der Waals surface area (Å²) in [6, 6.07) is 7.83. The number of amides is 1. The number of nitrogens with zero attached hydrogens (tertiary/aromatic N) is 1. The van der Waals surface area contributed by atoms with Gasteiger partial charge in [0.1, 0.15) is 0 Å². The lowest BCUT2D eigenvalue weighted by Crippen LogP contribution is -2.36. The van der Waals surface area contributed by atoms with Crippen molar-refractivity contribution in [3.8, 4) is 0 Å². The molecular formula is C13H20N2OS. The molecule has 94 valence electrons. The van der Waals surface area contributed by atoms with Crippen LogP contribution >= 0.6 is 11.8 Å². The number of carbonyl (C=O) groups excluding carboxylic acids is 1. The summed E-state index contributed by atoms with van der Waals surface area (Å²) in [5.41, 5.74) is 1.60. The van der Waals surface area contributed by atoms with Gasteiger partial charge < -0.3 is 10.2 Å². The molecule has 0 aliphatic carbocycles. The van der Waals surface area contributed by atoms with E-state index in [1.54, 1.807) is 16.7 Å². The SMILES string of the molecule is CNc1ccccc1C(=O)N(C)C(C)CSC. The van der Waals surface area contributed by atoms with Crippen molar-refractivity contribution in [1.29, 1.82) is 0 Å². The van der Waals surface area contributed by atoms with Gasteiger partial charge in [0.25, 0.3) is 5.91 Å². The minimum atomic E-state index is 0.0662. The van der Waals surface area contributed by atoms with Crippen LogP contribution < -0.4 is 5.32 Å². The van der Waals surface area contributed by atoms with Crippen LogP contribution in [0.2, 0.25) is 0 Å². The fourth-order valence-corrected chi connectivity index (χ4v) is 2.34. The summed E-state index contributed by atoms with van der Waals surface area (Å²) < 4.78 is 0. The molecule has 0 aromatic heterocycles. The summed E-state index contributed by atoms with van der Waals surface area (Å²) in [5, 5.41) is 3.05. The first-order chi connectivity index (χ1) is 8.11. The molecule has 0 radical (unpaired) electrons. The number of hydrogen-bond donors (Lipinski definition) is 1. The zero-order valence-corrected chi connectivity index (χ0v) is 11.7. The van der Waals surface area contributed by atoms with Crippen LogP contribution in [0.4, 0.5) is 5.69 Å². The molecule has 0 aliphatic heterocycles.